The zero-order valence-electron chi connectivity index (χ0n) is 15.4. The van der Waals surface area contributed by atoms with Gasteiger partial charge in [-0.25, -0.2) is 0 Å². The molecule has 0 spiro atoms. The summed E-state index contributed by atoms with van der Waals surface area (Å²) in [5.74, 6) is 0.168. The Balaban J connectivity index is 2.38. The van der Waals surface area contributed by atoms with E-state index >= 15 is 0 Å². The van der Waals surface area contributed by atoms with Gasteiger partial charge in [0, 0.05) is 22.2 Å². The lowest BCUT2D eigenvalue weighted by Crippen LogP contribution is -2.19. The smallest absolute Gasteiger partial charge is 0.133 e. The standard InChI is InChI=1S/C20H22N4O2/c1-11(2)21-23-15-9-10-16(24-22-12(3)4)18-17(15)19(25)13-7-5-6-8-14(13)20(18)26/h5-8,25-26H,9-10H2,1-4H3/b23-15-,24-16+. The van der Waals surface area contributed by atoms with Crippen molar-refractivity contribution >= 4 is 33.6 Å². The van der Waals surface area contributed by atoms with E-state index in [1.807, 2.05) is 39.8 Å². The van der Waals surface area contributed by atoms with Crippen LogP contribution in [0.15, 0.2) is 44.7 Å². The van der Waals surface area contributed by atoms with Crippen LogP contribution in [0.25, 0.3) is 10.8 Å². The van der Waals surface area contributed by atoms with Crippen LogP contribution in [0.2, 0.25) is 0 Å². The topological polar surface area (TPSA) is 89.9 Å². The van der Waals surface area contributed by atoms with Crippen molar-refractivity contribution in [1.29, 1.82) is 0 Å². The highest BCUT2D eigenvalue weighted by Crippen LogP contribution is 2.43. The van der Waals surface area contributed by atoms with E-state index in [2.05, 4.69) is 20.4 Å². The van der Waals surface area contributed by atoms with E-state index in [4.69, 9.17) is 0 Å². The van der Waals surface area contributed by atoms with Crippen LogP contribution in [0.3, 0.4) is 0 Å². The third kappa shape index (κ3) is 3.22. The molecule has 1 aliphatic rings. The molecule has 134 valence electrons. The van der Waals surface area contributed by atoms with E-state index in [-0.39, 0.29) is 11.5 Å². The van der Waals surface area contributed by atoms with Gasteiger partial charge in [-0.15, -0.1) is 0 Å². The lowest BCUT2D eigenvalue weighted by molar-refractivity contribution is 0.467. The number of hydrogen-bond donors (Lipinski definition) is 2. The van der Waals surface area contributed by atoms with Crippen molar-refractivity contribution in [3.05, 3.63) is 35.4 Å². The lowest BCUT2D eigenvalue weighted by Gasteiger charge is -2.22. The summed E-state index contributed by atoms with van der Waals surface area (Å²) in [5.41, 5.74) is 3.87. The van der Waals surface area contributed by atoms with Crippen LogP contribution in [-0.4, -0.2) is 33.1 Å². The third-order valence-electron chi connectivity index (χ3n) is 4.08. The van der Waals surface area contributed by atoms with E-state index in [1.165, 1.54) is 0 Å². The molecule has 0 heterocycles. The molecule has 1 aliphatic carbocycles. The summed E-state index contributed by atoms with van der Waals surface area (Å²) >= 11 is 0. The van der Waals surface area contributed by atoms with Crippen molar-refractivity contribution in [2.24, 2.45) is 20.4 Å². The number of fused-ring (bicyclic) bond motifs is 2. The summed E-state index contributed by atoms with van der Waals surface area (Å²) in [4.78, 5) is 0. The first-order valence-electron chi connectivity index (χ1n) is 8.53. The first kappa shape index (κ1) is 17.8. The number of rotatable bonds is 2. The summed E-state index contributed by atoms with van der Waals surface area (Å²) in [5, 5.41) is 39.9. The van der Waals surface area contributed by atoms with Gasteiger partial charge in [0.2, 0.25) is 0 Å². The van der Waals surface area contributed by atoms with Crippen LogP contribution in [0.5, 0.6) is 11.5 Å². The lowest BCUT2D eigenvalue weighted by atomic mass is 9.84. The molecule has 0 aromatic heterocycles. The molecule has 0 saturated carbocycles. The highest BCUT2D eigenvalue weighted by atomic mass is 16.3. The number of phenolic OH excluding ortho intramolecular Hbond substituents is 2. The van der Waals surface area contributed by atoms with Crippen LogP contribution in [0, 0.1) is 0 Å². The van der Waals surface area contributed by atoms with Crippen LogP contribution < -0.4 is 0 Å². The number of aromatic hydroxyl groups is 2. The van der Waals surface area contributed by atoms with Gasteiger partial charge in [-0.2, -0.15) is 20.4 Å². The molecule has 2 N–H and O–H groups in total. The second-order valence-corrected chi connectivity index (χ2v) is 6.68. The minimum Gasteiger partial charge on any atom is -0.507 e. The maximum atomic E-state index is 10.9. The number of benzene rings is 2. The van der Waals surface area contributed by atoms with Crippen molar-refractivity contribution in [1.82, 2.24) is 0 Å². The Morgan fingerprint density at radius 2 is 1.12 bits per heavy atom. The highest BCUT2D eigenvalue weighted by Gasteiger charge is 2.30. The fourth-order valence-electron chi connectivity index (χ4n) is 2.97. The predicted octanol–water partition coefficient (Wildman–Crippen LogP) is 4.41. The Labute approximate surface area is 152 Å². The molecule has 6 heteroatoms. The van der Waals surface area contributed by atoms with Crippen LogP contribution in [0.4, 0.5) is 0 Å². The number of hydrogen-bond acceptors (Lipinski definition) is 6. The Morgan fingerprint density at radius 3 is 1.46 bits per heavy atom. The van der Waals surface area contributed by atoms with Crippen LogP contribution in [0.1, 0.15) is 51.7 Å². The molecule has 26 heavy (non-hydrogen) atoms. The monoisotopic (exact) mass is 350 g/mol. The van der Waals surface area contributed by atoms with Crippen molar-refractivity contribution < 1.29 is 10.2 Å². The Kier molecular flexibility index (Phi) is 4.84. The quantitative estimate of drug-likeness (QED) is 0.477. The molecule has 0 aliphatic heterocycles. The van der Waals surface area contributed by atoms with E-state index in [9.17, 15) is 10.2 Å². The molecule has 3 rings (SSSR count). The Morgan fingerprint density at radius 1 is 0.731 bits per heavy atom. The van der Waals surface area contributed by atoms with Gasteiger partial charge in [0.25, 0.3) is 0 Å². The van der Waals surface area contributed by atoms with Gasteiger partial charge in [0.1, 0.15) is 11.5 Å². The molecule has 0 saturated heterocycles. The predicted molar refractivity (Wildman–Crippen MR) is 107 cm³/mol. The molecule has 0 unspecified atom stereocenters. The minimum absolute atomic E-state index is 0.0840. The highest BCUT2D eigenvalue weighted by molar-refractivity contribution is 6.24. The third-order valence-corrected chi connectivity index (χ3v) is 4.08. The van der Waals surface area contributed by atoms with Crippen molar-refractivity contribution in [2.45, 2.75) is 40.5 Å². The SMILES string of the molecule is CC(C)=N/N=C1/CC/C(=N\N=C(C)C)c2c1c(O)c1ccccc1c2O. The van der Waals surface area contributed by atoms with Crippen LogP contribution in [-0.2, 0) is 0 Å². The maximum Gasteiger partial charge on any atom is 0.133 e. The molecule has 2 aromatic rings. The van der Waals surface area contributed by atoms with Gasteiger partial charge in [0.05, 0.1) is 22.6 Å². The van der Waals surface area contributed by atoms with Crippen LogP contribution >= 0.6 is 0 Å². The van der Waals surface area contributed by atoms with E-state index < -0.39 is 0 Å². The molecular weight excluding hydrogens is 328 g/mol. The van der Waals surface area contributed by atoms with Gasteiger partial charge in [-0.05, 0) is 40.5 Å². The fraction of sp³-hybridized carbons (Fsp3) is 0.300. The van der Waals surface area contributed by atoms with Gasteiger partial charge in [0.15, 0.2) is 0 Å². The van der Waals surface area contributed by atoms with Crippen molar-refractivity contribution in [2.75, 3.05) is 0 Å². The normalized spacial score (nSPS) is 16.6. The average molecular weight is 350 g/mol. The van der Waals surface area contributed by atoms with Gasteiger partial charge in [-0.3, -0.25) is 0 Å². The molecule has 0 fully saturated rings. The van der Waals surface area contributed by atoms with Crippen molar-refractivity contribution in [3.63, 3.8) is 0 Å². The van der Waals surface area contributed by atoms with Crippen molar-refractivity contribution in [3.8, 4) is 11.5 Å². The molecule has 0 bridgehead atoms. The largest absolute Gasteiger partial charge is 0.507 e. The number of nitrogens with zero attached hydrogens (tertiary/aromatic N) is 4. The first-order chi connectivity index (χ1) is 12.4. The van der Waals surface area contributed by atoms with E-state index in [0.717, 1.165) is 11.4 Å². The molecule has 0 atom stereocenters. The number of phenols is 2. The first-order valence-corrected chi connectivity index (χ1v) is 8.53. The average Bonchev–Trinajstić information content (AvgIpc) is 2.62. The zero-order chi connectivity index (χ0) is 18.8. The van der Waals surface area contributed by atoms with E-state index in [0.29, 0.717) is 46.2 Å². The molecule has 0 amide bonds. The second kappa shape index (κ2) is 7.07. The summed E-state index contributed by atoms with van der Waals surface area (Å²) in [6.45, 7) is 7.43. The Bertz CT molecular complexity index is 912. The summed E-state index contributed by atoms with van der Waals surface area (Å²) in [7, 11) is 0. The second-order valence-electron chi connectivity index (χ2n) is 6.68. The fourth-order valence-corrected chi connectivity index (χ4v) is 2.97. The molecular formula is C20H22N4O2. The summed E-state index contributed by atoms with van der Waals surface area (Å²) in [6, 6.07) is 7.19. The molecule has 6 nitrogen and oxygen atoms in total. The summed E-state index contributed by atoms with van der Waals surface area (Å²) in [6.07, 6.45) is 1.12. The molecule has 2 aromatic carbocycles. The summed E-state index contributed by atoms with van der Waals surface area (Å²) < 4.78 is 0. The molecule has 0 radical (unpaired) electrons. The maximum absolute atomic E-state index is 10.9. The zero-order valence-corrected chi connectivity index (χ0v) is 15.4. The van der Waals surface area contributed by atoms with Gasteiger partial charge >= 0.3 is 0 Å². The van der Waals surface area contributed by atoms with E-state index in [1.54, 1.807) is 12.1 Å². The van der Waals surface area contributed by atoms with Gasteiger partial charge < -0.3 is 10.2 Å². The Hall–Kier alpha value is -3.02. The minimum atomic E-state index is 0.0840. The van der Waals surface area contributed by atoms with Gasteiger partial charge in [-0.1, -0.05) is 24.3 Å².